The molecular weight excluding hydrogens is 719 g/mol. The quantitative estimate of drug-likeness (QED) is 0.170. The number of fused-ring (bicyclic) bond motifs is 6. The molecule has 0 radical (unpaired) electrons. The fourth-order valence-corrected chi connectivity index (χ4v) is 8.33. The summed E-state index contributed by atoms with van der Waals surface area (Å²) in [7, 11) is 0. The van der Waals surface area contributed by atoms with Gasteiger partial charge in [0, 0.05) is 49.6 Å². The number of aromatic nitrogens is 4. The van der Waals surface area contributed by atoms with Crippen LogP contribution in [0.5, 0.6) is 0 Å². The Morgan fingerprint density at radius 1 is 0.310 bits per heavy atom. The van der Waals surface area contributed by atoms with Crippen molar-refractivity contribution in [3.8, 4) is 56.4 Å². The van der Waals surface area contributed by atoms with Gasteiger partial charge in [0.05, 0.1) is 33.5 Å². The molecule has 4 nitrogen and oxygen atoms in total. The molecule has 8 aromatic carbocycles. The Morgan fingerprint density at radius 3 is 1.48 bits per heavy atom. The van der Waals surface area contributed by atoms with Crippen molar-refractivity contribution in [3.63, 3.8) is 0 Å². The van der Waals surface area contributed by atoms with Gasteiger partial charge in [-0.05, 0) is 120 Å². The average molecular weight is 751 g/mol. The van der Waals surface area contributed by atoms with Crippen molar-refractivity contribution >= 4 is 43.6 Å². The van der Waals surface area contributed by atoms with Gasteiger partial charge >= 0.3 is 0 Å². The van der Waals surface area contributed by atoms with Crippen molar-refractivity contribution < 1.29 is 8.78 Å². The van der Waals surface area contributed by atoms with Crippen LogP contribution in [0.3, 0.4) is 0 Å². The molecule has 0 fully saturated rings. The van der Waals surface area contributed by atoms with Crippen LogP contribution in [0.4, 0.5) is 8.78 Å². The highest BCUT2D eigenvalue weighted by molar-refractivity contribution is 6.12. The summed E-state index contributed by atoms with van der Waals surface area (Å²) in [5, 5.41) is 4.72. The number of nitrogens with zero attached hydrogens (tertiary/aromatic N) is 4. The molecule has 0 amide bonds. The lowest BCUT2D eigenvalue weighted by molar-refractivity contribution is 0.627. The summed E-state index contributed by atoms with van der Waals surface area (Å²) in [5.41, 5.74) is 12.4. The summed E-state index contributed by atoms with van der Waals surface area (Å²) >= 11 is 0. The summed E-state index contributed by atoms with van der Waals surface area (Å²) in [6.07, 6.45) is 0. The molecule has 11 rings (SSSR count). The minimum atomic E-state index is -0.324. The van der Waals surface area contributed by atoms with Crippen LogP contribution < -0.4 is 0 Å². The predicted octanol–water partition coefficient (Wildman–Crippen LogP) is 13.6. The molecule has 58 heavy (non-hydrogen) atoms. The van der Waals surface area contributed by atoms with E-state index in [1.54, 1.807) is 24.3 Å². The summed E-state index contributed by atoms with van der Waals surface area (Å²) < 4.78 is 32.6. The van der Waals surface area contributed by atoms with E-state index in [1.807, 2.05) is 18.2 Å². The molecule has 3 heterocycles. The number of para-hydroxylation sites is 3. The van der Waals surface area contributed by atoms with Gasteiger partial charge in [-0.2, -0.15) is 0 Å². The second kappa shape index (κ2) is 13.5. The van der Waals surface area contributed by atoms with Crippen LogP contribution in [0.2, 0.25) is 0 Å². The van der Waals surface area contributed by atoms with E-state index in [-0.39, 0.29) is 11.6 Å². The van der Waals surface area contributed by atoms with Crippen molar-refractivity contribution in [2.24, 2.45) is 0 Å². The molecule has 3 aromatic heterocycles. The second-order valence-corrected chi connectivity index (χ2v) is 14.5. The zero-order chi connectivity index (χ0) is 38.7. The van der Waals surface area contributed by atoms with E-state index < -0.39 is 0 Å². The van der Waals surface area contributed by atoms with Gasteiger partial charge in [-0.15, -0.1) is 0 Å². The maximum absolute atomic E-state index is 14.0. The summed E-state index contributed by atoms with van der Waals surface area (Å²) in [6.45, 7) is 0. The zero-order valence-corrected chi connectivity index (χ0v) is 31.0. The third-order valence-corrected chi connectivity index (χ3v) is 11.1. The first-order chi connectivity index (χ1) is 28.6. The van der Waals surface area contributed by atoms with Crippen LogP contribution in [-0.2, 0) is 0 Å². The van der Waals surface area contributed by atoms with Crippen LogP contribution in [0, 0.1) is 11.6 Å². The molecule has 0 atom stereocenters. The molecule has 0 unspecified atom stereocenters. The summed E-state index contributed by atoms with van der Waals surface area (Å²) in [5.74, 6) is -0.141. The van der Waals surface area contributed by atoms with Gasteiger partial charge in [0.15, 0.2) is 5.82 Å². The lowest BCUT2D eigenvalue weighted by Gasteiger charge is -2.13. The van der Waals surface area contributed by atoms with E-state index in [4.69, 9.17) is 9.97 Å². The normalized spacial score (nSPS) is 11.6. The first kappa shape index (κ1) is 33.6. The highest BCUT2D eigenvalue weighted by Crippen LogP contribution is 2.39. The van der Waals surface area contributed by atoms with Crippen molar-refractivity contribution in [2.45, 2.75) is 0 Å². The molecule has 0 aliphatic carbocycles. The van der Waals surface area contributed by atoms with E-state index in [1.165, 1.54) is 40.6 Å². The molecule has 0 aliphatic heterocycles. The average Bonchev–Trinajstić information content (AvgIpc) is 3.79. The van der Waals surface area contributed by atoms with Gasteiger partial charge in [-0.3, -0.25) is 0 Å². The largest absolute Gasteiger partial charge is 0.309 e. The van der Waals surface area contributed by atoms with Crippen LogP contribution in [-0.4, -0.2) is 19.1 Å². The van der Waals surface area contributed by atoms with Crippen LogP contribution in [0.1, 0.15) is 0 Å². The molecule has 274 valence electrons. The molecule has 0 N–H and O–H groups in total. The number of rotatable bonds is 6. The first-order valence-electron chi connectivity index (χ1n) is 19.2. The maximum Gasteiger partial charge on any atom is 0.160 e. The smallest absolute Gasteiger partial charge is 0.160 e. The molecule has 0 saturated heterocycles. The van der Waals surface area contributed by atoms with Gasteiger partial charge in [-0.25, -0.2) is 18.7 Å². The summed E-state index contributed by atoms with van der Waals surface area (Å²) in [4.78, 5) is 9.99. The van der Waals surface area contributed by atoms with E-state index in [0.717, 1.165) is 66.5 Å². The van der Waals surface area contributed by atoms with Gasteiger partial charge in [0.1, 0.15) is 11.6 Å². The van der Waals surface area contributed by atoms with E-state index in [9.17, 15) is 8.78 Å². The Bertz CT molecular complexity index is 3280. The van der Waals surface area contributed by atoms with E-state index in [0.29, 0.717) is 17.2 Å². The Morgan fingerprint density at radius 2 is 0.810 bits per heavy atom. The number of hydrogen-bond acceptors (Lipinski definition) is 2. The maximum atomic E-state index is 14.0. The van der Waals surface area contributed by atoms with Crippen LogP contribution >= 0.6 is 0 Å². The van der Waals surface area contributed by atoms with Gasteiger partial charge in [-0.1, -0.05) is 84.9 Å². The molecule has 0 bridgehead atoms. The fourth-order valence-electron chi connectivity index (χ4n) is 8.33. The van der Waals surface area contributed by atoms with E-state index in [2.05, 4.69) is 137 Å². The minimum Gasteiger partial charge on any atom is -0.309 e. The van der Waals surface area contributed by atoms with Gasteiger partial charge < -0.3 is 9.13 Å². The monoisotopic (exact) mass is 750 g/mol. The molecular formula is C52H32F2N4. The summed E-state index contributed by atoms with van der Waals surface area (Å²) in [6, 6.07) is 63.8. The van der Waals surface area contributed by atoms with Crippen molar-refractivity contribution in [1.29, 1.82) is 0 Å². The third kappa shape index (κ3) is 5.65. The second-order valence-electron chi connectivity index (χ2n) is 14.5. The SMILES string of the molecule is Fc1ccc(-c2cc(-c3ccc(F)cc3)nc(-c3cccc(-n4c5ccccc5c5ccc(-c6ccc7c(c6)c6ccccc6n7-c6ccccc6)cc54)c3)n2)cc1. The third-order valence-electron chi connectivity index (χ3n) is 11.1. The number of halogens is 2. The van der Waals surface area contributed by atoms with Crippen molar-refractivity contribution in [1.82, 2.24) is 19.1 Å². The van der Waals surface area contributed by atoms with Crippen molar-refractivity contribution in [2.75, 3.05) is 0 Å². The van der Waals surface area contributed by atoms with Crippen LogP contribution in [0.25, 0.3) is 100 Å². The highest BCUT2D eigenvalue weighted by Gasteiger charge is 2.18. The highest BCUT2D eigenvalue weighted by atomic mass is 19.1. The van der Waals surface area contributed by atoms with E-state index >= 15 is 0 Å². The molecule has 6 heteroatoms. The van der Waals surface area contributed by atoms with Gasteiger partial charge in [0.2, 0.25) is 0 Å². The molecule has 11 aromatic rings. The molecule has 0 saturated carbocycles. The number of benzene rings is 8. The molecule has 0 aliphatic rings. The zero-order valence-electron chi connectivity index (χ0n) is 31.0. The van der Waals surface area contributed by atoms with Crippen LogP contribution in [0.15, 0.2) is 194 Å². The Labute approximate surface area is 332 Å². The number of hydrogen-bond donors (Lipinski definition) is 0. The first-order valence-corrected chi connectivity index (χ1v) is 19.2. The minimum absolute atomic E-state index is 0.324. The topological polar surface area (TPSA) is 35.6 Å². The van der Waals surface area contributed by atoms with Gasteiger partial charge in [0.25, 0.3) is 0 Å². The standard InChI is InChI=1S/C52H32F2N4/c53-38-23-17-33(18-24-38)46-32-47(34-19-25-39(54)26-20-34)56-52(55-46)37-9-8-12-41(29-37)58-48-15-6-4-13-42(48)44-27-21-36(31-51(44)58)35-22-28-50-45(30-35)43-14-5-7-16-49(43)57(50)40-10-2-1-3-11-40/h1-32H. The lowest BCUT2D eigenvalue weighted by atomic mass is 10.0. The Balaban J connectivity index is 1.07. The molecule has 0 spiro atoms. The Hall–Kier alpha value is -7.70. The lowest BCUT2D eigenvalue weighted by Crippen LogP contribution is -1.98. The fraction of sp³-hybridized carbons (Fsp3) is 0. The Kier molecular flexibility index (Phi) is 7.83. The van der Waals surface area contributed by atoms with Crippen molar-refractivity contribution in [3.05, 3.63) is 206 Å². The predicted molar refractivity (Wildman–Crippen MR) is 232 cm³/mol.